The lowest BCUT2D eigenvalue weighted by Gasteiger charge is -2.09. The van der Waals surface area contributed by atoms with Crippen LogP contribution in [0, 0.1) is 3.57 Å². The predicted octanol–water partition coefficient (Wildman–Crippen LogP) is 3.16. The monoisotopic (exact) mass is 340 g/mol. The van der Waals surface area contributed by atoms with Crippen LogP contribution in [0.1, 0.15) is 25.5 Å². The van der Waals surface area contributed by atoms with E-state index in [-0.39, 0.29) is 11.5 Å². The van der Waals surface area contributed by atoms with E-state index < -0.39 is 0 Å². The first-order chi connectivity index (χ1) is 8.09. The molecule has 0 fully saturated rings. The van der Waals surface area contributed by atoms with Gasteiger partial charge in [-0.2, -0.15) is 0 Å². The van der Waals surface area contributed by atoms with Crippen LogP contribution in [0.5, 0.6) is 0 Å². The quantitative estimate of drug-likeness (QED) is 0.854. The van der Waals surface area contributed by atoms with Crippen LogP contribution >= 0.6 is 22.6 Å². The minimum Gasteiger partial charge on any atom is -0.306 e. The molecule has 3 nitrogen and oxygen atoms in total. The largest absolute Gasteiger partial charge is 0.306 e. The highest BCUT2D eigenvalue weighted by Gasteiger charge is 2.12. The van der Waals surface area contributed by atoms with Gasteiger partial charge in [0.15, 0.2) is 0 Å². The minimum atomic E-state index is -0.0665. The average molecular weight is 340 g/mol. The standard InChI is InChI=1S/C13H13IN2O/c1-8(2)11-10(14)13(17)16-12(15-11)9-6-4-3-5-7-9/h3-8H,1-2H3,(H,15,16,17). The van der Waals surface area contributed by atoms with Crippen LogP contribution in [0.3, 0.4) is 0 Å². The topological polar surface area (TPSA) is 45.8 Å². The molecule has 0 atom stereocenters. The van der Waals surface area contributed by atoms with E-state index in [4.69, 9.17) is 0 Å². The van der Waals surface area contributed by atoms with Crippen LogP contribution < -0.4 is 5.56 Å². The van der Waals surface area contributed by atoms with Gasteiger partial charge in [-0.15, -0.1) is 0 Å². The zero-order valence-corrected chi connectivity index (χ0v) is 11.9. The van der Waals surface area contributed by atoms with Crippen LogP contribution in [-0.2, 0) is 0 Å². The molecule has 1 N–H and O–H groups in total. The molecule has 1 heterocycles. The molecule has 1 aromatic heterocycles. The first-order valence-corrected chi connectivity index (χ1v) is 6.52. The van der Waals surface area contributed by atoms with Crippen LogP contribution in [-0.4, -0.2) is 9.97 Å². The van der Waals surface area contributed by atoms with Crippen LogP contribution in [0.25, 0.3) is 11.4 Å². The van der Waals surface area contributed by atoms with E-state index in [1.54, 1.807) is 0 Å². The molecule has 0 bridgehead atoms. The molecule has 0 spiro atoms. The predicted molar refractivity (Wildman–Crippen MR) is 77.1 cm³/mol. The maximum atomic E-state index is 11.8. The van der Waals surface area contributed by atoms with E-state index >= 15 is 0 Å². The second-order valence-electron chi connectivity index (χ2n) is 4.13. The van der Waals surface area contributed by atoms with Crippen molar-refractivity contribution in [3.63, 3.8) is 0 Å². The summed E-state index contributed by atoms with van der Waals surface area (Å²) in [6.07, 6.45) is 0. The molecule has 0 saturated carbocycles. The molecule has 88 valence electrons. The third-order valence-corrected chi connectivity index (χ3v) is 3.53. The number of halogens is 1. The van der Waals surface area contributed by atoms with Crippen LogP contribution in [0.4, 0.5) is 0 Å². The Labute approximate surface area is 113 Å². The molecule has 0 unspecified atom stereocenters. The molecule has 1 aromatic carbocycles. The van der Waals surface area contributed by atoms with Crippen molar-refractivity contribution in [2.75, 3.05) is 0 Å². The van der Waals surface area contributed by atoms with Crippen LogP contribution in [0.2, 0.25) is 0 Å². The molecule has 0 aliphatic heterocycles. The highest BCUT2D eigenvalue weighted by atomic mass is 127. The molecular weight excluding hydrogens is 327 g/mol. The van der Waals surface area contributed by atoms with Crippen molar-refractivity contribution in [2.24, 2.45) is 0 Å². The van der Waals surface area contributed by atoms with Crippen molar-refractivity contribution in [1.82, 2.24) is 9.97 Å². The van der Waals surface area contributed by atoms with E-state index in [1.165, 1.54) is 0 Å². The van der Waals surface area contributed by atoms with Gasteiger partial charge >= 0.3 is 0 Å². The highest BCUT2D eigenvalue weighted by Crippen LogP contribution is 2.19. The Balaban J connectivity index is 2.62. The molecule has 2 aromatic rings. The van der Waals surface area contributed by atoms with Crippen molar-refractivity contribution < 1.29 is 0 Å². The highest BCUT2D eigenvalue weighted by molar-refractivity contribution is 14.1. The third kappa shape index (κ3) is 2.57. The summed E-state index contributed by atoms with van der Waals surface area (Å²) >= 11 is 2.05. The fourth-order valence-electron chi connectivity index (χ4n) is 1.59. The number of nitrogens with zero attached hydrogens (tertiary/aromatic N) is 1. The molecule has 0 saturated heterocycles. The van der Waals surface area contributed by atoms with Gasteiger partial charge in [0.2, 0.25) is 0 Å². The molecule has 0 aliphatic carbocycles. The number of aromatic nitrogens is 2. The summed E-state index contributed by atoms with van der Waals surface area (Å²) in [7, 11) is 0. The third-order valence-electron chi connectivity index (χ3n) is 2.48. The number of hydrogen-bond donors (Lipinski definition) is 1. The first kappa shape index (κ1) is 12.3. The van der Waals surface area contributed by atoms with Gasteiger partial charge in [0.25, 0.3) is 5.56 Å². The number of nitrogens with one attached hydrogen (secondary N) is 1. The first-order valence-electron chi connectivity index (χ1n) is 5.44. The molecule has 0 radical (unpaired) electrons. The number of rotatable bonds is 2. The van der Waals surface area contributed by atoms with E-state index in [9.17, 15) is 4.79 Å². The van der Waals surface area contributed by atoms with Crippen molar-refractivity contribution in [1.29, 1.82) is 0 Å². The maximum absolute atomic E-state index is 11.8. The maximum Gasteiger partial charge on any atom is 0.264 e. The second-order valence-corrected chi connectivity index (χ2v) is 5.21. The van der Waals surface area contributed by atoms with Gasteiger partial charge < -0.3 is 4.98 Å². The fraction of sp³-hybridized carbons (Fsp3) is 0.231. The van der Waals surface area contributed by atoms with Gasteiger partial charge in [-0.1, -0.05) is 44.2 Å². The summed E-state index contributed by atoms with van der Waals surface area (Å²) in [5.74, 6) is 0.881. The lowest BCUT2D eigenvalue weighted by Crippen LogP contribution is -2.17. The minimum absolute atomic E-state index is 0.0665. The van der Waals surface area contributed by atoms with Gasteiger partial charge in [0.05, 0.1) is 9.26 Å². The van der Waals surface area contributed by atoms with Crippen LogP contribution in [0.15, 0.2) is 35.1 Å². The second kappa shape index (κ2) is 5.00. The number of aromatic amines is 1. The summed E-state index contributed by atoms with van der Waals surface area (Å²) in [6, 6.07) is 9.69. The Kier molecular flexibility index (Phi) is 3.61. The summed E-state index contributed by atoms with van der Waals surface area (Å²) in [5, 5.41) is 0. The van der Waals surface area contributed by atoms with Gasteiger partial charge in [0, 0.05) is 5.56 Å². The Morgan fingerprint density at radius 2 is 1.88 bits per heavy atom. The van der Waals surface area contributed by atoms with Crippen molar-refractivity contribution in [3.8, 4) is 11.4 Å². The number of H-pyrrole nitrogens is 1. The smallest absolute Gasteiger partial charge is 0.264 e. The van der Waals surface area contributed by atoms with Crippen molar-refractivity contribution >= 4 is 22.6 Å². The van der Waals surface area contributed by atoms with E-state index in [0.29, 0.717) is 9.39 Å². The molecule has 0 amide bonds. The number of hydrogen-bond acceptors (Lipinski definition) is 2. The Bertz CT molecular complexity index is 576. The van der Waals surface area contributed by atoms with Gasteiger partial charge in [-0.05, 0) is 28.5 Å². The van der Waals surface area contributed by atoms with E-state index in [2.05, 4.69) is 9.97 Å². The molecule has 17 heavy (non-hydrogen) atoms. The lowest BCUT2D eigenvalue weighted by atomic mass is 10.1. The molecule has 0 aliphatic rings. The zero-order chi connectivity index (χ0) is 12.4. The summed E-state index contributed by atoms with van der Waals surface area (Å²) in [5.41, 5.74) is 1.72. The molecular formula is C13H13IN2O. The van der Waals surface area contributed by atoms with Gasteiger partial charge in [0.1, 0.15) is 5.82 Å². The summed E-state index contributed by atoms with van der Waals surface area (Å²) in [4.78, 5) is 19.2. The number of benzene rings is 1. The van der Waals surface area contributed by atoms with Crippen molar-refractivity contribution in [2.45, 2.75) is 19.8 Å². The Morgan fingerprint density at radius 1 is 1.24 bits per heavy atom. The molecule has 2 rings (SSSR count). The lowest BCUT2D eigenvalue weighted by molar-refractivity contribution is 0.802. The fourth-order valence-corrected chi connectivity index (χ4v) is 2.47. The summed E-state index contributed by atoms with van der Waals surface area (Å²) in [6.45, 7) is 4.08. The Hall–Kier alpha value is -1.17. The van der Waals surface area contributed by atoms with Crippen molar-refractivity contribution in [3.05, 3.63) is 49.9 Å². The van der Waals surface area contributed by atoms with E-state index in [1.807, 2.05) is 66.8 Å². The SMILES string of the molecule is CC(C)c1nc(-c2ccccc2)[nH]c(=O)c1I. The molecule has 4 heteroatoms. The zero-order valence-electron chi connectivity index (χ0n) is 9.70. The average Bonchev–Trinajstić information content (AvgIpc) is 2.33. The van der Waals surface area contributed by atoms with E-state index in [0.717, 1.165) is 11.3 Å². The van der Waals surface area contributed by atoms with Gasteiger partial charge in [-0.25, -0.2) is 4.98 Å². The summed E-state index contributed by atoms with van der Waals surface area (Å²) < 4.78 is 0.678. The Morgan fingerprint density at radius 3 is 2.47 bits per heavy atom. The normalized spacial score (nSPS) is 10.8. The van der Waals surface area contributed by atoms with Gasteiger partial charge in [-0.3, -0.25) is 4.79 Å².